The maximum Gasteiger partial charge on any atom is 0.307 e. The Morgan fingerprint density at radius 2 is 0.369 bits per heavy atom. The van der Waals surface area contributed by atoms with E-state index < -0.39 is 23.8 Å². The molecule has 0 aromatic carbocycles. The fourth-order valence-electron chi connectivity index (χ4n) is 13.0. The van der Waals surface area contributed by atoms with Crippen molar-refractivity contribution in [2.45, 2.75) is 420 Å². The Kier molecular flexibility index (Phi) is 84.4. The summed E-state index contributed by atoms with van der Waals surface area (Å²) in [7, 11) is 0. The summed E-state index contributed by atoms with van der Waals surface area (Å²) in [5.41, 5.74) is 0. The number of carbonyl (C=O) groups is 6. The van der Waals surface area contributed by atoms with Crippen molar-refractivity contribution in [3.05, 3.63) is 97.2 Å². The van der Waals surface area contributed by atoms with Crippen molar-refractivity contribution in [1.82, 2.24) is 4.90 Å². The molecule has 13 nitrogen and oxygen atoms in total. The Morgan fingerprint density at radius 1 is 0.198 bits per heavy atom. The molecular weight excluding hydrogens is 1380 g/mol. The van der Waals surface area contributed by atoms with E-state index in [4.69, 9.17) is 28.4 Å². The summed E-state index contributed by atoms with van der Waals surface area (Å²) in [4.78, 5) is 81.8. The molecule has 0 aromatic heterocycles. The molecule has 0 rings (SSSR count). The van der Waals surface area contributed by atoms with Gasteiger partial charge in [0.25, 0.3) is 0 Å². The molecule has 0 fully saturated rings. The summed E-state index contributed by atoms with van der Waals surface area (Å²) in [6.07, 6.45) is 97.5. The molecule has 0 aliphatic carbocycles. The average molecular weight is 1560 g/mol. The lowest BCUT2D eigenvalue weighted by molar-refractivity contribution is -0.156. The van der Waals surface area contributed by atoms with Gasteiger partial charge in [0.15, 0.2) is 0 Å². The minimum absolute atomic E-state index is 0.0322. The first kappa shape index (κ1) is 106. The third kappa shape index (κ3) is 83.9. The van der Waals surface area contributed by atoms with Crippen molar-refractivity contribution in [3.8, 4) is 0 Å². The number of carbonyl (C=O) groups excluding carboxylic acids is 6. The van der Waals surface area contributed by atoms with Gasteiger partial charge in [0.05, 0.1) is 24.7 Å². The fraction of sp³-hybridized carbons (Fsp3) is 0.776. The molecule has 0 radical (unpaired) electrons. The lowest BCUT2D eigenvalue weighted by Gasteiger charge is -2.22. The topological polar surface area (TPSA) is 161 Å². The minimum atomic E-state index is -0.532. The number of unbranched alkanes of at least 4 members (excludes halogenated alkanes) is 41. The summed E-state index contributed by atoms with van der Waals surface area (Å²) in [6, 6.07) is 0. The van der Waals surface area contributed by atoms with Gasteiger partial charge in [-0.05, 0) is 167 Å². The molecule has 13 heteroatoms. The number of rotatable bonds is 85. The van der Waals surface area contributed by atoms with Crippen LogP contribution in [0.2, 0.25) is 0 Å². The van der Waals surface area contributed by atoms with E-state index in [1.807, 2.05) is 0 Å². The Bertz CT molecular complexity index is 2080. The van der Waals surface area contributed by atoms with Gasteiger partial charge in [0, 0.05) is 38.8 Å². The number of nitrogens with zero attached hydrogens (tertiary/aromatic N) is 1. The smallest absolute Gasteiger partial charge is 0.307 e. The van der Waals surface area contributed by atoms with Crippen LogP contribution >= 0.6 is 0 Å². The standard InChI is InChI=1S/C98H171NO12/c1-6-11-16-21-26-31-36-40-44-48-52-56-61-66-71-76-93(100)106-85-91(86-107-94(101)77-72-67-62-57-53-49-45-41-37-32-27-22-17-12-7-2)89-110-97(104)80-83-99(82-75-70-65-60-35-30-25-20-15-10-5)84-81-98(105)111-90-92(87-108-95(102)78-73-68-63-58-54-50-46-42-38-33-28-23-18-13-8-3)88-109-96(103)79-74-69-64-59-55-51-47-43-39-34-29-24-19-14-9-4/h26-29,31-34,40-47,91-92H,6-25,30,35-39,48-90H2,1-5H3/b31-26-,32-27-,33-28-,34-29-,44-40-,45-41-,46-42-,47-43-. The van der Waals surface area contributed by atoms with Crippen molar-refractivity contribution in [2.24, 2.45) is 11.8 Å². The van der Waals surface area contributed by atoms with Crippen LogP contribution in [0.1, 0.15) is 420 Å². The fourth-order valence-corrected chi connectivity index (χ4v) is 13.0. The molecular formula is C98H171NO12. The van der Waals surface area contributed by atoms with E-state index in [2.05, 4.69) is 137 Å². The normalized spacial score (nSPS) is 12.1. The van der Waals surface area contributed by atoms with Gasteiger partial charge in [-0.15, -0.1) is 0 Å². The van der Waals surface area contributed by atoms with E-state index in [0.29, 0.717) is 45.3 Å². The van der Waals surface area contributed by atoms with Crippen LogP contribution in [-0.4, -0.2) is 100.0 Å². The van der Waals surface area contributed by atoms with Gasteiger partial charge in [-0.2, -0.15) is 0 Å². The van der Waals surface area contributed by atoms with Crippen LogP contribution in [0.25, 0.3) is 0 Å². The van der Waals surface area contributed by atoms with Gasteiger partial charge in [-0.1, -0.05) is 318 Å². The van der Waals surface area contributed by atoms with Crippen LogP contribution in [0.3, 0.4) is 0 Å². The lowest BCUT2D eigenvalue weighted by Crippen LogP contribution is -2.32. The third-order valence-electron chi connectivity index (χ3n) is 20.3. The molecule has 0 spiro atoms. The molecule has 111 heavy (non-hydrogen) atoms. The Balaban J connectivity index is 5.83. The second-order valence-corrected chi connectivity index (χ2v) is 31.3. The van der Waals surface area contributed by atoms with Gasteiger partial charge in [0.2, 0.25) is 0 Å². The second-order valence-electron chi connectivity index (χ2n) is 31.3. The SMILES string of the molecule is CCCCC/C=C\C/C=C\CCCCCCCC(=O)OCC(COC(=O)CCCCCCC/C=C\C/C=C\CCCCC)COC(=O)CCN(CCCCCCCCCCCC)CCC(=O)OCC(COC(=O)CCCCCCC/C=C\C/C=C\CCCCC)COC(=O)CCCCCCC/C=C\C/C=C\CCCCC. The van der Waals surface area contributed by atoms with E-state index in [-0.39, 0.29) is 76.4 Å². The van der Waals surface area contributed by atoms with Crippen LogP contribution in [0.4, 0.5) is 0 Å². The number of allylic oxidation sites excluding steroid dienone is 16. The van der Waals surface area contributed by atoms with Crippen LogP contribution in [0, 0.1) is 11.8 Å². The zero-order valence-corrected chi connectivity index (χ0v) is 72.5. The van der Waals surface area contributed by atoms with Crippen LogP contribution < -0.4 is 0 Å². The molecule has 0 aromatic rings. The Labute approximate surface area is 682 Å². The van der Waals surface area contributed by atoms with E-state index in [1.165, 1.54) is 122 Å². The summed E-state index contributed by atoms with van der Waals surface area (Å²) in [6.45, 7) is 12.3. The van der Waals surface area contributed by atoms with Crippen LogP contribution in [0.15, 0.2) is 97.2 Å². The zero-order valence-electron chi connectivity index (χ0n) is 72.5. The van der Waals surface area contributed by atoms with Crippen molar-refractivity contribution >= 4 is 35.8 Å². The number of hydrogen-bond acceptors (Lipinski definition) is 13. The van der Waals surface area contributed by atoms with Gasteiger partial charge in [-0.3, -0.25) is 28.8 Å². The predicted molar refractivity (Wildman–Crippen MR) is 468 cm³/mol. The van der Waals surface area contributed by atoms with E-state index in [9.17, 15) is 28.8 Å². The molecule has 0 unspecified atom stereocenters. The average Bonchev–Trinajstić information content (AvgIpc) is 0.953. The molecule has 0 aliphatic heterocycles. The molecule has 0 amide bonds. The molecule has 640 valence electrons. The van der Waals surface area contributed by atoms with Crippen molar-refractivity contribution < 1.29 is 57.2 Å². The molecule has 0 saturated heterocycles. The molecule has 0 atom stereocenters. The monoisotopic (exact) mass is 1550 g/mol. The first-order valence-electron chi connectivity index (χ1n) is 46.4. The van der Waals surface area contributed by atoms with Gasteiger partial charge in [-0.25, -0.2) is 0 Å². The maximum absolute atomic E-state index is 13.7. The number of ether oxygens (including phenoxy) is 6. The summed E-state index contributed by atoms with van der Waals surface area (Å²) in [5.74, 6) is -3.17. The predicted octanol–water partition coefficient (Wildman–Crippen LogP) is 27.7. The molecule has 0 bridgehead atoms. The van der Waals surface area contributed by atoms with Crippen molar-refractivity contribution in [1.29, 1.82) is 0 Å². The highest BCUT2D eigenvalue weighted by atomic mass is 16.6. The highest BCUT2D eigenvalue weighted by molar-refractivity contribution is 5.71. The summed E-state index contributed by atoms with van der Waals surface area (Å²) in [5, 5.41) is 0. The van der Waals surface area contributed by atoms with Gasteiger partial charge >= 0.3 is 35.8 Å². The lowest BCUT2D eigenvalue weighted by atomic mass is 10.1. The van der Waals surface area contributed by atoms with Crippen molar-refractivity contribution in [3.63, 3.8) is 0 Å². The Morgan fingerprint density at radius 3 is 0.595 bits per heavy atom. The molecule has 0 N–H and O–H groups in total. The Hall–Kier alpha value is -5.30. The van der Waals surface area contributed by atoms with Gasteiger partial charge in [0.1, 0.15) is 39.6 Å². The molecule has 0 saturated carbocycles. The first-order valence-corrected chi connectivity index (χ1v) is 46.4. The van der Waals surface area contributed by atoms with Crippen LogP contribution in [0.5, 0.6) is 0 Å². The second kappa shape index (κ2) is 88.6. The number of hydrogen-bond donors (Lipinski definition) is 0. The van der Waals surface area contributed by atoms with E-state index in [1.54, 1.807) is 0 Å². The minimum Gasteiger partial charge on any atom is -0.465 e. The summed E-state index contributed by atoms with van der Waals surface area (Å²) < 4.78 is 34.8. The van der Waals surface area contributed by atoms with Crippen LogP contribution in [-0.2, 0) is 57.2 Å². The first-order chi connectivity index (χ1) is 54.6. The third-order valence-corrected chi connectivity index (χ3v) is 20.3. The highest BCUT2D eigenvalue weighted by Crippen LogP contribution is 2.18. The van der Waals surface area contributed by atoms with Crippen molar-refractivity contribution in [2.75, 3.05) is 59.3 Å². The molecule has 0 aliphatic rings. The highest BCUT2D eigenvalue weighted by Gasteiger charge is 2.21. The largest absolute Gasteiger partial charge is 0.465 e. The zero-order chi connectivity index (χ0) is 80.5. The van der Waals surface area contributed by atoms with Gasteiger partial charge < -0.3 is 33.3 Å². The quantitative estimate of drug-likeness (QED) is 0.0245. The van der Waals surface area contributed by atoms with E-state index in [0.717, 1.165) is 225 Å². The maximum atomic E-state index is 13.7. The summed E-state index contributed by atoms with van der Waals surface area (Å²) >= 11 is 0. The van der Waals surface area contributed by atoms with E-state index >= 15 is 0 Å². The molecule has 0 heterocycles. The number of esters is 6.